The van der Waals surface area contributed by atoms with E-state index < -0.39 is 23.9 Å². The number of hydrogen-bond donors (Lipinski definition) is 1. The Morgan fingerprint density at radius 3 is 2.22 bits per heavy atom. The Balaban J connectivity index is 2.78. The smallest absolute Gasteiger partial charge is 0.340 e. The van der Waals surface area contributed by atoms with E-state index in [-0.39, 0.29) is 13.2 Å². The van der Waals surface area contributed by atoms with Crippen LogP contribution in [0.15, 0.2) is 34.8 Å². The summed E-state index contributed by atoms with van der Waals surface area (Å²) in [6.45, 7) is 3.40. The number of nitrogens with one attached hydrogen (secondary N) is 1. The molecule has 0 bridgehead atoms. The first-order valence-electron chi connectivity index (χ1n) is 7.06. The lowest BCUT2D eigenvalue weighted by molar-refractivity contribution is -0.159. The third kappa shape index (κ3) is 6.23. The van der Waals surface area contributed by atoms with Crippen LogP contribution in [-0.2, 0) is 23.9 Å². The zero-order valence-corrected chi connectivity index (χ0v) is 14.5. The molecule has 0 radical (unpaired) electrons. The molecule has 0 aromatic heterocycles. The molecule has 1 aromatic rings. The second-order valence-corrected chi connectivity index (χ2v) is 5.15. The topological polar surface area (TPSA) is 81.7 Å². The van der Waals surface area contributed by atoms with Gasteiger partial charge in [-0.25, -0.2) is 9.59 Å². The molecule has 6 nitrogen and oxygen atoms in total. The van der Waals surface area contributed by atoms with Crippen molar-refractivity contribution in [2.24, 2.45) is 0 Å². The molecule has 1 rings (SSSR count). The summed E-state index contributed by atoms with van der Waals surface area (Å²) >= 11 is 3.35. The van der Waals surface area contributed by atoms with Crippen LogP contribution in [0.4, 0.5) is 0 Å². The molecule has 7 heteroatoms. The molecule has 124 valence electrons. The van der Waals surface area contributed by atoms with Crippen molar-refractivity contribution in [2.75, 3.05) is 13.2 Å². The van der Waals surface area contributed by atoms with Crippen molar-refractivity contribution < 1.29 is 23.9 Å². The highest BCUT2D eigenvalue weighted by Crippen LogP contribution is 2.16. The molecule has 0 aliphatic carbocycles. The van der Waals surface area contributed by atoms with Gasteiger partial charge in [-0.05, 0) is 31.6 Å². The van der Waals surface area contributed by atoms with Gasteiger partial charge in [0.2, 0.25) is 11.9 Å². The average Bonchev–Trinajstić information content (AvgIpc) is 2.52. The first-order chi connectivity index (χ1) is 11.0. The van der Waals surface area contributed by atoms with E-state index in [1.807, 2.05) is 24.3 Å². The number of halogens is 1. The molecule has 0 atom stereocenters. The maximum Gasteiger partial charge on any atom is 0.340 e. The minimum absolute atomic E-state index is 0.0947. The summed E-state index contributed by atoms with van der Waals surface area (Å²) in [5, 5.41) is 2.29. The maximum absolute atomic E-state index is 11.9. The molecule has 1 aromatic carbocycles. The molecule has 0 aliphatic rings. The normalized spacial score (nSPS) is 10.6. The molecular formula is C16H18BrNO5. The number of carbonyl (C=O) groups excluding carboxylic acids is 3. The Hall–Kier alpha value is -2.15. The van der Waals surface area contributed by atoms with Gasteiger partial charge in [0.25, 0.3) is 0 Å². The lowest BCUT2D eigenvalue weighted by Crippen LogP contribution is -2.47. The lowest BCUT2D eigenvalue weighted by Gasteiger charge is -2.14. The second kappa shape index (κ2) is 9.78. The molecule has 23 heavy (non-hydrogen) atoms. The Morgan fingerprint density at radius 1 is 1.13 bits per heavy atom. The van der Waals surface area contributed by atoms with Crippen LogP contribution >= 0.6 is 15.9 Å². The van der Waals surface area contributed by atoms with Crippen molar-refractivity contribution in [3.05, 3.63) is 40.4 Å². The average molecular weight is 384 g/mol. The molecule has 0 saturated heterocycles. The quantitative estimate of drug-likeness (QED) is 0.442. The van der Waals surface area contributed by atoms with Crippen molar-refractivity contribution in [3.63, 3.8) is 0 Å². The molecule has 0 saturated carbocycles. The molecule has 0 fully saturated rings. The summed E-state index contributed by atoms with van der Waals surface area (Å²) in [6.07, 6.45) is 2.79. The first-order valence-corrected chi connectivity index (χ1v) is 7.85. The van der Waals surface area contributed by atoms with E-state index in [4.69, 9.17) is 9.47 Å². The predicted octanol–water partition coefficient (Wildman–Crippen LogP) is 2.07. The first kappa shape index (κ1) is 18.9. The second-order valence-electron chi connectivity index (χ2n) is 4.30. The Morgan fingerprint density at radius 2 is 1.70 bits per heavy atom. The number of hydrogen-bond acceptors (Lipinski definition) is 5. The summed E-state index contributed by atoms with van der Waals surface area (Å²) in [4.78, 5) is 35.4. The number of rotatable bonds is 7. The van der Waals surface area contributed by atoms with Crippen molar-refractivity contribution in [1.82, 2.24) is 5.32 Å². The van der Waals surface area contributed by atoms with E-state index in [1.54, 1.807) is 19.9 Å². The molecule has 1 amide bonds. The third-order valence-electron chi connectivity index (χ3n) is 2.65. The van der Waals surface area contributed by atoms with Gasteiger partial charge in [-0.3, -0.25) is 4.79 Å². The Labute approximate surface area is 143 Å². The predicted molar refractivity (Wildman–Crippen MR) is 88.4 cm³/mol. The summed E-state index contributed by atoms with van der Waals surface area (Å²) in [5.41, 5.74) is 0.784. The van der Waals surface area contributed by atoms with Gasteiger partial charge < -0.3 is 14.8 Å². The van der Waals surface area contributed by atoms with Gasteiger partial charge in [-0.15, -0.1) is 0 Å². The third-order valence-corrected chi connectivity index (χ3v) is 3.37. The summed E-state index contributed by atoms with van der Waals surface area (Å²) in [6, 6.07) is 5.83. The van der Waals surface area contributed by atoms with Crippen LogP contribution in [0.1, 0.15) is 19.4 Å². The minimum atomic E-state index is -1.48. The van der Waals surface area contributed by atoms with Gasteiger partial charge in [0.1, 0.15) is 0 Å². The number of amides is 1. The van der Waals surface area contributed by atoms with Crippen LogP contribution in [-0.4, -0.2) is 37.1 Å². The molecule has 0 heterocycles. The lowest BCUT2D eigenvalue weighted by atomic mass is 10.2. The van der Waals surface area contributed by atoms with Gasteiger partial charge in [0, 0.05) is 10.5 Å². The fourth-order valence-corrected chi connectivity index (χ4v) is 2.05. The van der Waals surface area contributed by atoms with Gasteiger partial charge in [0.05, 0.1) is 13.2 Å². The van der Waals surface area contributed by atoms with Gasteiger partial charge in [0.15, 0.2) is 0 Å². The Bertz CT molecular complexity index is 582. The summed E-state index contributed by atoms with van der Waals surface area (Å²) < 4.78 is 10.4. The van der Waals surface area contributed by atoms with E-state index in [0.29, 0.717) is 0 Å². The molecule has 1 N–H and O–H groups in total. The molecular weight excluding hydrogens is 366 g/mol. The Kier molecular flexibility index (Phi) is 8.04. The summed E-state index contributed by atoms with van der Waals surface area (Å²) in [7, 11) is 0. The number of carbonyl (C=O) groups is 3. The van der Waals surface area contributed by atoms with E-state index in [2.05, 4.69) is 21.2 Å². The number of benzene rings is 1. The van der Waals surface area contributed by atoms with Crippen molar-refractivity contribution in [1.29, 1.82) is 0 Å². The highest BCUT2D eigenvalue weighted by Gasteiger charge is 2.30. The van der Waals surface area contributed by atoms with Gasteiger partial charge in [-0.2, -0.15) is 0 Å². The molecule has 0 aliphatic heterocycles. The van der Waals surface area contributed by atoms with Crippen LogP contribution in [0.2, 0.25) is 0 Å². The zero-order valence-electron chi connectivity index (χ0n) is 12.9. The van der Waals surface area contributed by atoms with Crippen LogP contribution in [0, 0.1) is 0 Å². The fourth-order valence-electron chi connectivity index (χ4n) is 1.63. The highest BCUT2D eigenvalue weighted by atomic mass is 79.9. The molecule has 0 spiro atoms. The fraction of sp³-hybridized carbons (Fsp3) is 0.312. The van der Waals surface area contributed by atoms with Crippen LogP contribution < -0.4 is 5.32 Å². The van der Waals surface area contributed by atoms with Crippen LogP contribution in [0.5, 0.6) is 0 Å². The highest BCUT2D eigenvalue weighted by molar-refractivity contribution is 9.10. The van der Waals surface area contributed by atoms with Crippen molar-refractivity contribution >= 4 is 39.9 Å². The van der Waals surface area contributed by atoms with E-state index >= 15 is 0 Å². The SMILES string of the molecule is CCOC(=O)C(NC(=O)/C=C/c1ccccc1Br)C(=O)OCC. The van der Waals surface area contributed by atoms with Crippen LogP contribution in [0.25, 0.3) is 6.08 Å². The number of esters is 2. The summed E-state index contributed by atoms with van der Waals surface area (Å²) in [5.74, 6) is -2.31. The van der Waals surface area contributed by atoms with Crippen LogP contribution in [0.3, 0.4) is 0 Å². The zero-order chi connectivity index (χ0) is 17.2. The van der Waals surface area contributed by atoms with E-state index in [0.717, 1.165) is 10.0 Å². The van der Waals surface area contributed by atoms with Gasteiger partial charge >= 0.3 is 11.9 Å². The monoisotopic (exact) mass is 383 g/mol. The minimum Gasteiger partial charge on any atom is -0.464 e. The van der Waals surface area contributed by atoms with Gasteiger partial charge in [-0.1, -0.05) is 34.1 Å². The number of ether oxygens (including phenoxy) is 2. The van der Waals surface area contributed by atoms with E-state index in [1.165, 1.54) is 6.08 Å². The van der Waals surface area contributed by atoms with Crippen molar-refractivity contribution in [3.8, 4) is 0 Å². The largest absolute Gasteiger partial charge is 0.464 e. The van der Waals surface area contributed by atoms with E-state index in [9.17, 15) is 14.4 Å². The maximum atomic E-state index is 11.9. The van der Waals surface area contributed by atoms with Crippen molar-refractivity contribution in [2.45, 2.75) is 19.9 Å². The standard InChI is InChI=1S/C16H18BrNO5/c1-3-22-15(20)14(16(21)23-4-2)18-13(19)10-9-11-7-5-6-8-12(11)17/h5-10,14H,3-4H2,1-2H3,(H,18,19)/b10-9+. The molecule has 0 unspecified atom stereocenters.